The van der Waals surface area contributed by atoms with E-state index in [1.54, 1.807) is 0 Å². The molecule has 2 heteroatoms. The van der Waals surface area contributed by atoms with E-state index in [1.807, 2.05) is 12.1 Å². The van der Waals surface area contributed by atoms with Crippen molar-refractivity contribution in [2.45, 2.75) is 0 Å². The van der Waals surface area contributed by atoms with Gasteiger partial charge in [-0.2, -0.15) is 0 Å². The molecule has 0 aromatic heterocycles. The average molecular weight is 489 g/mol. The molecule has 6 aromatic carbocycles. The third kappa shape index (κ3) is 5.21. The minimum absolute atomic E-state index is 1.05. The quantitative estimate of drug-likeness (QED) is 0.240. The lowest BCUT2D eigenvalue weighted by atomic mass is 10.0. The Hall–Kier alpha value is -5.08. The molecule has 0 saturated heterocycles. The van der Waals surface area contributed by atoms with E-state index in [2.05, 4.69) is 162 Å². The number of hydrogen-bond acceptors (Lipinski definition) is 2. The van der Waals surface area contributed by atoms with Crippen molar-refractivity contribution >= 4 is 28.4 Å². The van der Waals surface area contributed by atoms with Crippen LogP contribution in [0.15, 0.2) is 164 Å². The predicted molar refractivity (Wildman–Crippen MR) is 162 cm³/mol. The zero-order chi connectivity index (χ0) is 25.6. The van der Waals surface area contributed by atoms with Crippen molar-refractivity contribution in [3.8, 4) is 22.3 Å². The fraction of sp³-hybridized carbons (Fsp3) is 0. The van der Waals surface area contributed by atoms with Gasteiger partial charge in [0.05, 0.1) is 0 Å². The maximum Gasteiger partial charge on any atom is 0.0463 e. The number of nitrogens with one attached hydrogen (secondary N) is 1. The zero-order valence-corrected chi connectivity index (χ0v) is 21.0. The van der Waals surface area contributed by atoms with Crippen LogP contribution in [0.2, 0.25) is 0 Å². The van der Waals surface area contributed by atoms with Gasteiger partial charge in [0.25, 0.3) is 0 Å². The fourth-order valence-electron chi connectivity index (χ4n) is 4.69. The Balaban J connectivity index is 1.24. The monoisotopic (exact) mass is 488 g/mol. The predicted octanol–water partition coefficient (Wildman–Crippen LogP) is 10.2. The van der Waals surface area contributed by atoms with E-state index in [0.29, 0.717) is 0 Å². The molecule has 6 rings (SSSR count). The average Bonchev–Trinajstić information content (AvgIpc) is 3.00. The summed E-state index contributed by atoms with van der Waals surface area (Å²) in [5, 5.41) is 3.54. The van der Waals surface area contributed by atoms with Gasteiger partial charge in [0.1, 0.15) is 0 Å². The van der Waals surface area contributed by atoms with Gasteiger partial charge >= 0.3 is 0 Å². The first kappa shape index (κ1) is 23.3. The molecule has 0 spiro atoms. The summed E-state index contributed by atoms with van der Waals surface area (Å²) in [6.07, 6.45) is 0. The molecule has 0 aliphatic heterocycles. The number of nitrogens with zero attached hydrogens (tertiary/aromatic N) is 1. The van der Waals surface area contributed by atoms with Crippen LogP contribution in [-0.2, 0) is 0 Å². The summed E-state index contributed by atoms with van der Waals surface area (Å²) in [6, 6.07) is 57.4. The topological polar surface area (TPSA) is 15.3 Å². The molecule has 182 valence electrons. The molecule has 0 aliphatic rings. The summed E-state index contributed by atoms with van der Waals surface area (Å²) in [5.41, 5.74) is 10.3. The van der Waals surface area contributed by atoms with Gasteiger partial charge in [0, 0.05) is 28.4 Å². The Bertz CT molecular complexity index is 1580. The highest BCUT2D eigenvalue weighted by Crippen LogP contribution is 2.36. The van der Waals surface area contributed by atoms with Crippen molar-refractivity contribution in [3.05, 3.63) is 164 Å². The Morgan fingerprint density at radius 3 is 1.08 bits per heavy atom. The normalized spacial score (nSPS) is 10.6. The van der Waals surface area contributed by atoms with Crippen molar-refractivity contribution in [1.82, 2.24) is 0 Å². The number of rotatable bonds is 7. The molecule has 38 heavy (non-hydrogen) atoms. The highest BCUT2D eigenvalue weighted by Gasteiger charge is 2.12. The number of anilines is 5. The van der Waals surface area contributed by atoms with E-state index in [1.165, 1.54) is 22.3 Å². The van der Waals surface area contributed by atoms with Crippen molar-refractivity contribution in [3.63, 3.8) is 0 Å². The third-order valence-electron chi connectivity index (χ3n) is 6.65. The van der Waals surface area contributed by atoms with Crippen LogP contribution in [-0.4, -0.2) is 0 Å². The molecule has 0 bridgehead atoms. The van der Waals surface area contributed by atoms with E-state index < -0.39 is 0 Å². The van der Waals surface area contributed by atoms with Gasteiger partial charge in [0.15, 0.2) is 0 Å². The van der Waals surface area contributed by atoms with E-state index in [-0.39, 0.29) is 0 Å². The van der Waals surface area contributed by atoms with Crippen molar-refractivity contribution in [2.24, 2.45) is 0 Å². The summed E-state index contributed by atoms with van der Waals surface area (Å²) in [4.78, 5) is 2.28. The van der Waals surface area contributed by atoms with E-state index in [9.17, 15) is 0 Å². The standard InChI is InChI=1S/C36H28N2/c1-4-10-28(11-5-1)30-16-20-32(21-17-30)37-33-22-26-36(27-23-33)38(34-14-8-3-9-15-34)35-24-18-31(19-25-35)29-12-6-2-7-13-29/h1-27,37H. The lowest BCUT2D eigenvalue weighted by Crippen LogP contribution is -2.09. The molecule has 6 aromatic rings. The minimum Gasteiger partial charge on any atom is -0.356 e. The van der Waals surface area contributed by atoms with Crippen LogP contribution in [0.25, 0.3) is 22.3 Å². The smallest absolute Gasteiger partial charge is 0.0463 e. The van der Waals surface area contributed by atoms with E-state index in [0.717, 1.165) is 28.4 Å². The first-order valence-corrected chi connectivity index (χ1v) is 12.9. The Morgan fingerprint density at radius 2 is 0.605 bits per heavy atom. The fourth-order valence-corrected chi connectivity index (χ4v) is 4.69. The van der Waals surface area contributed by atoms with Crippen molar-refractivity contribution < 1.29 is 0 Å². The summed E-state index contributed by atoms with van der Waals surface area (Å²) in [6.45, 7) is 0. The van der Waals surface area contributed by atoms with Crippen LogP contribution >= 0.6 is 0 Å². The van der Waals surface area contributed by atoms with Gasteiger partial charge in [-0.15, -0.1) is 0 Å². The molecular formula is C36H28N2. The Morgan fingerprint density at radius 1 is 0.289 bits per heavy atom. The molecule has 0 unspecified atom stereocenters. The molecule has 0 atom stereocenters. The van der Waals surface area contributed by atoms with Crippen LogP contribution in [0, 0.1) is 0 Å². The molecule has 0 fully saturated rings. The van der Waals surface area contributed by atoms with Gasteiger partial charge in [-0.05, 0) is 82.9 Å². The summed E-state index contributed by atoms with van der Waals surface area (Å²) < 4.78 is 0. The molecule has 0 radical (unpaired) electrons. The maximum atomic E-state index is 3.54. The number of para-hydroxylation sites is 1. The Labute approximate surface area is 224 Å². The van der Waals surface area contributed by atoms with Gasteiger partial charge in [-0.1, -0.05) is 103 Å². The minimum atomic E-state index is 1.05. The van der Waals surface area contributed by atoms with Gasteiger partial charge in [0.2, 0.25) is 0 Å². The van der Waals surface area contributed by atoms with Gasteiger partial charge in [-0.3, -0.25) is 0 Å². The van der Waals surface area contributed by atoms with Crippen LogP contribution < -0.4 is 10.2 Å². The first-order chi connectivity index (χ1) is 18.8. The van der Waals surface area contributed by atoms with E-state index in [4.69, 9.17) is 0 Å². The van der Waals surface area contributed by atoms with Crippen LogP contribution in [0.1, 0.15) is 0 Å². The highest BCUT2D eigenvalue weighted by molar-refractivity contribution is 5.79. The molecule has 0 saturated carbocycles. The molecule has 0 heterocycles. The molecule has 1 N–H and O–H groups in total. The second-order valence-electron chi connectivity index (χ2n) is 9.20. The molecule has 0 aliphatic carbocycles. The van der Waals surface area contributed by atoms with Crippen LogP contribution in [0.4, 0.5) is 28.4 Å². The largest absolute Gasteiger partial charge is 0.356 e. The van der Waals surface area contributed by atoms with E-state index >= 15 is 0 Å². The lowest BCUT2D eigenvalue weighted by Gasteiger charge is -2.26. The number of benzene rings is 6. The summed E-state index contributed by atoms with van der Waals surface area (Å²) >= 11 is 0. The maximum absolute atomic E-state index is 3.54. The SMILES string of the molecule is c1ccc(-c2ccc(Nc3ccc(N(c4ccccc4)c4ccc(-c5ccccc5)cc4)cc3)cc2)cc1. The molecular weight excluding hydrogens is 460 g/mol. The van der Waals surface area contributed by atoms with Crippen LogP contribution in [0.3, 0.4) is 0 Å². The Kier molecular flexibility index (Phi) is 6.69. The number of hydrogen-bond donors (Lipinski definition) is 1. The van der Waals surface area contributed by atoms with Crippen molar-refractivity contribution in [2.75, 3.05) is 10.2 Å². The molecule has 2 nitrogen and oxygen atoms in total. The van der Waals surface area contributed by atoms with Gasteiger partial charge in [-0.25, -0.2) is 0 Å². The first-order valence-electron chi connectivity index (χ1n) is 12.9. The van der Waals surface area contributed by atoms with Gasteiger partial charge < -0.3 is 10.2 Å². The molecule has 0 amide bonds. The zero-order valence-electron chi connectivity index (χ0n) is 21.0. The second-order valence-corrected chi connectivity index (χ2v) is 9.20. The highest BCUT2D eigenvalue weighted by atomic mass is 15.1. The summed E-state index contributed by atoms with van der Waals surface area (Å²) in [5.74, 6) is 0. The lowest BCUT2D eigenvalue weighted by molar-refractivity contribution is 1.28. The third-order valence-corrected chi connectivity index (χ3v) is 6.65. The second kappa shape index (κ2) is 10.9. The summed E-state index contributed by atoms with van der Waals surface area (Å²) in [7, 11) is 0. The van der Waals surface area contributed by atoms with Crippen molar-refractivity contribution in [1.29, 1.82) is 0 Å². The van der Waals surface area contributed by atoms with Crippen LogP contribution in [0.5, 0.6) is 0 Å².